The number of aliphatic hydroxyl groups is 2. The zero-order valence-electron chi connectivity index (χ0n) is 6.92. The fourth-order valence-corrected chi connectivity index (χ4v) is 0.231. The van der Waals surface area contributed by atoms with E-state index in [1.807, 2.05) is 6.92 Å². The van der Waals surface area contributed by atoms with E-state index in [1.165, 1.54) is 0 Å². The second-order valence-electron chi connectivity index (χ2n) is 1.62. The minimum absolute atomic E-state index is 0.0278. The summed E-state index contributed by atoms with van der Waals surface area (Å²) in [6.07, 6.45) is 0. The van der Waals surface area contributed by atoms with Gasteiger partial charge in [0, 0.05) is 6.54 Å². The Labute approximate surface area is 67.1 Å². The first-order valence-electron chi connectivity index (χ1n) is 3.56. The normalized spacial score (nSPS) is 8.73. The Morgan fingerprint density at radius 2 is 1.64 bits per heavy atom. The minimum atomic E-state index is 0.0278. The zero-order chi connectivity index (χ0) is 8.95. The van der Waals surface area contributed by atoms with Crippen molar-refractivity contribution in [1.29, 1.82) is 0 Å². The van der Waals surface area contributed by atoms with E-state index in [9.17, 15) is 0 Å². The molecule has 0 saturated heterocycles. The Kier molecular flexibility index (Phi) is 20.0. The molecule has 0 aromatic rings. The van der Waals surface area contributed by atoms with Gasteiger partial charge in [-0.05, 0) is 0 Å². The molecule has 11 heavy (non-hydrogen) atoms. The molecule has 0 radical (unpaired) electrons. The second-order valence-corrected chi connectivity index (χ2v) is 1.62. The van der Waals surface area contributed by atoms with E-state index >= 15 is 0 Å². The lowest BCUT2D eigenvalue weighted by Crippen LogP contribution is -2.20. The van der Waals surface area contributed by atoms with Gasteiger partial charge in [-0.25, -0.2) is 0 Å². The molecule has 0 amide bonds. The third kappa shape index (κ3) is 25.9. The summed E-state index contributed by atoms with van der Waals surface area (Å²) in [5.74, 6) is 4.78. The summed E-state index contributed by atoms with van der Waals surface area (Å²) in [7, 11) is 0. The van der Waals surface area contributed by atoms with Crippen molar-refractivity contribution in [3.8, 4) is 0 Å². The van der Waals surface area contributed by atoms with E-state index in [2.05, 4.69) is 10.2 Å². The van der Waals surface area contributed by atoms with E-state index in [0.29, 0.717) is 13.2 Å². The lowest BCUT2D eigenvalue weighted by atomic mass is 10.7. The molecule has 0 heterocycles. The molecule has 5 nitrogen and oxygen atoms in total. The summed E-state index contributed by atoms with van der Waals surface area (Å²) in [6.45, 7) is 3.49. The summed E-state index contributed by atoms with van der Waals surface area (Å²) < 4.78 is 4.63. The lowest BCUT2D eigenvalue weighted by Gasteiger charge is -1.94. The molecular formula is C6H18N2O3. The number of hydrogen-bond donors (Lipinski definition) is 4. The highest BCUT2D eigenvalue weighted by molar-refractivity contribution is 4.24. The van der Waals surface area contributed by atoms with Crippen molar-refractivity contribution in [2.75, 3.05) is 33.0 Å². The predicted octanol–water partition coefficient (Wildman–Crippen LogP) is -1.54. The Balaban J connectivity index is 0. The van der Waals surface area contributed by atoms with E-state index in [-0.39, 0.29) is 13.2 Å². The highest BCUT2D eigenvalue weighted by atomic mass is 16.5. The van der Waals surface area contributed by atoms with Gasteiger partial charge in [-0.15, -0.1) is 0 Å². The fraction of sp³-hybridized carbons (Fsp3) is 1.00. The summed E-state index contributed by atoms with van der Waals surface area (Å²) in [6, 6.07) is 0. The molecule has 0 aliphatic rings. The first-order chi connectivity index (χ1) is 5.33. The van der Waals surface area contributed by atoms with Crippen molar-refractivity contribution in [2.45, 2.75) is 6.92 Å². The van der Waals surface area contributed by atoms with Gasteiger partial charge in [0.2, 0.25) is 0 Å². The van der Waals surface area contributed by atoms with Crippen molar-refractivity contribution >= 4 is 0 Å². The number of rotatable bonds is 5. The van der Waals surface area contributed by atoms with Gasteiger partial charge in [-0.1, -0.05) is 6.92 Å². The van der Waals surface area contributed by atoms with Crippen LogP contribution in [-0.2, 0) is 4.74 Å². The van der Waals surface area contributed by atoms with Gasteiger partial charge in [0.15, 0.2) is 0 Å². The molecule has 0 aromatic carbocycles. The molecule has 0 atom stereocenters. The third-order valence-electron chi connectivity index (χ3n) is 0.675. The molecule has 0 saturated carbocycles. The van der Waals surface area contributed by atoms with E-state index in [4.69, 9.17) is 16.1 Å². The molecule has 0 rings (SSSR count). The fourth-order valence-electron chi connectivity index (χ4n) is 0.231. The van der Waals surface area contributed by atoms with Crippen LogP contribution in [0.2, 0.25) is 0 Å². The number of ether oxygens (including phenoxy) is 1. The van der Waals surface area contributed by atoms with E-state index in [1.54, 1.807) is 0 Å². The minimum Gasteiger partial charge on any atom is -0.394 e. The van der Waals surface area contributed by atoms with Crippen LogP contribution in [0.1, 0.15) is 6.92 Å². The average Bonchev–Trinajstić information content (AvgIpc) is 2.06. The number of aliphatic hydroxyl groups excluding tert-OH is 2. The standard InChI is InChI=1S/C4H10O3.C2H8N2/c5-1-3-7-4-2-6;1-2-4-3/h5-6H,1-4H2;4H,2-3H2,1H3. The van der Waals surface area contributed by atoms with Gasteiger partial charge >= 0.3 is 0 Å². The van der Waals surface area contributed by atoms with Crippen LogP contribution >= 0.6 is 0 Å². The molecule has 5 N–H and O–H groups in total. The Hall–Kier alpha value is -0.200. The largest absolute Gasteiger partial charge is 0.394 e. The number of nitrogens with two attached hydrogens (primary N) is 1. The Bertz CT molecular complexity index is 49.1. The van der Waals surface area contributed by atoms with Crippen LogP contribution in [0.5, 0.6) is 0 Å². The van der Waals surface area contributed by atoms with Crippen LogP contribution in [0.4, 0.5) is 0 Å². The van der Waals surface area contributed by atoms with Gasteiger partial charge in [0.05, 0.1) is 26.4 Å². The topological polar surface area (TPSA) is 87.7 Å². The summed E-state index contributed by atoms with van der Waals surface area (Å²) in [4.78, 5) is 0. The van der Waals surface area contributed by atoms with Gasteiger partial charge < -0.3 is 14.9 Å². The predicted molar refractivity (Wildman–Crippen MR) is 42.9 cm³/mol. The second kappa shape index (κ2) is 16.4. The number of hydrazine groups is 1. The summed E-state index contributed by atoms with van der Waals surface area (Å²) >= 11 is 0. The van der Waals surface area contributed by atoms with Crippen molar-refractivity contribution in [2.24, 2.45) is 5.84 Å². The van der Waals surface area contributed by atoms with Gasteiger partial charge in [-0.2, -0.15) is 0 Å². The van der Waals surface area contributed by atoms with Gasteiger partial charge in [0.25, 0.3) is 0 Å². The number of nitrogens with one attached hydrogen (secondary N) is 1. The maximum Gasteiger partial charge on any atom is 0.0698 e. The van der Waals surface area contributed by atoms with Crippen LogP contribution in [0.25, 0.3) is 0 Å². The smallest absolute Gasteiger partial charge is 0.0698 e. The molecule has 70 valence electrons. The van der Waals surface area contributed by atoms with E-state index in [0.717, 1.165) is 6.54 Å². The summed E-state index contributed by atoms with van der Waals surface area (Å²) in [5.41, 5.74) is 2.43. The molecule has 0 aliphatic carbocycles. The van der Waals surface area contributed by atoms with Crippen molar-refractivity contribution in [3.63, 3.8) is 0 Å². The van der Waals surface area contributed by atoms with Crippen molar-refractivity contribution in [3.05, 3.63) is 0 Å². The quantitative estimate of drug-likeness (QED) is 0.226. The van der Waals surface area contributed by atoms with E-state index < -0.39 is 0 Å². The maximum atomic E-state index is 8.09. The first kappa shape index (κ1) is 13.4. The summed E-state index contributed by atoms with van der Waals surface area (Å²) in [5, 5.41) is 16.2. The Morgan fingerprint density at radius 3 is 1.82 bits per heavy atom. The van der Waals surface area contributed by atoms with Crippen LogP contribution in [0.3, 0.4) is 0 Å². The molecule has 5 heteroatoms. The van der Waals surface area contributed by atoms with Gasteiger partial charge in [0.1, 0.15) is 0 Å². The molecule has 0 fully saturated rings. The van der Waals surface area contributed by atoms with Crippen LogP contribution in [0, 0.1) is 0 Å². The highest BCUT2D eigenvalue weighted by Gasteiger charge is 1.79. The zero-order valence-corrected chi connectivity index (χ0v) is 6.92. The molecule has 0 aliphatic heterocycles. The monoisotopic (exact) mass is 166 g/mol. The van der Waals surface area contributed by atoms with Crippen molar-refractivity contribution in [1.82, 2.24) is 5.43 Å². The molecular weight excluding hydrogens is 148 g/mol. The van der Waals surface area contributed by atoms with Crippen molar-refractivity contribution < 1.29 is 14.9 Å². The van der Waals surface area contributed by atoms with Crippen LogP contribution in [-0.4, -0.2) is 43.2 Å². The third-order valence-corrected chi connectivity index (χ3v) is 0.675. The highest BCUT2D eigenvalue weighted by Crippen LogP contribution is 1.68. The first-order valence-corrected chi connectivity index (χ1v) is 3.56. The average molecular weight is 166 g/mol. The number of hydrogen-bond acceptors (Lipinski definition) is 5. The maximum absolute atomic E-state index is 8.09. The lowest BCUT2D eigenvalue weighted by molar-refractivity contribution is 0.0650. The Morgan fingerprint density at radius 1 is 1.27 bits per heavy atom. The van der Waals surface area contributed by atoms with Crippen LogP contribution < -0.4 is 11.3 Å². The molecule has 0 aromatic heterocycles. The molecule has 0 spiro atoms. The SMILES string of the molecule is CCNN.OCCOCCO. The molecule has 0 unspecified atom stereocenters. The van der Waals surface area contributed by atoms with Crippen LogP contribution in [0.15, 0.2) is 0 Å². The molecule has 0 bridgehead atoms. The van der Waals surface area contributed by atoms with Gasteiger partial charge in [-0.3, -0.25) is 11.3 Å².